The first kappa shape index (κ1) is 24.1. The molecule has 1 atom stereocenters. The van der Waals surface area contributed by atoms with Gasteiger partial charge in [0.1, 0.15) is 23.1 Å². The third kappa shape index (κ3) is 4.20. The summed E-state index contributed by atoms with van der Waals surface area (Å²) in [7, 11) is 0. The number of nitrogens with one attached hydrogen (secondary N) is 1. The topological polar surface area (TPSA) is 91.9 Å². The second-order valence-electron chi connectivity index (χ2n) is 8.46. The lowest BCUT2D eigenvalue weighted by molar-refractivity contribution is -0.132. The number of aliphatic hydroxyl groups is 1. The molecule has 3 aromatic carbocycles. The average molecular weight is 501 g/mol. The first-order chi connectivity index (χ1) is 17.9. The summed E-state index contributed by atoms with van der Waals surface area (Å²) in [5, 5.41) is 12.3. The van der Waals surface area contributed by atoms with Gasteiger partial charge in [-0.15, -0.1) is 0 Å². The highest BCUT2D eigenvalue weighted by atomic mass is 19.1. The number of halogens is 1. The first-order valence-electron chi connectivity index (χ1n) is 12.0. The zero-order valence-corrected chi connectivity index (χ0v) is 20.3. The number of hydrogen-bond acceptors (Lipinski definition) is 5. The molecule has 188 valence electrons. The molecule has 1 aliphatic heterocycles. The fourth-order valence-electron chi connectivity index (χ4n) is 4.71. The normalized spacial score (nSPS) is 16.9. The van der Waals surface area contributed by atoms with Gasteiger partial charge < -0.3 is 19.6 Å². The van der Waals surface area contributed by atoms with Crippen molar-refractivity contribution in [1.82, 2.24) is 4.98 Å². The third-order valence-electron chi connectivity index (χ3n) is 6.27. The van der Waals surface area contributed by atoms with E-state index in [1.165, 1.54) is 23.1 Å². The molecule has 0 spiro atoms. The predicted octanol–water partition coefficient (Wildman–Crippen LogP) is 5.73. The van der Waals surface area contributed by atoms with Crippen molar-refractivity contribution in [2.45, 2.75) is 19.9 Å². The van der Waals surface area contributed by atoms with Crippen LogP contribution < -0.4 is 14.4 Å². The minimum absolute atomic E-state index is 0.121. The summed E-state index contributed by atoms with van der Waals surface area (Å²) >= 11 is 0. The van der Waals surface area contributed by atoms with Crippen LogP contribution in [0.3, 0.4) is 0 Å². The Morgan fingerprint density at radius 2 is 1.78 bits per heavy atom. The maximum atomic E-state index is 14.2. The summed E-state index contributed by atoms with van der Waals surface area (Å²) < 4.78 is 25.5. The smallest absolute Gasteiger partial charge is 0.300 e. The van der Waals surface area contributed by atoms with Crippen molar-refractivity contribution in [3.05, 3.63) is 95.4 Å². The molecule has 7 nitrogen and oxygen atoms in total. The monoisotopic (exact) mass is 500 g/mol. The van der Waals surface area contributed by atoms with Crippen molar-refractivity contribution >= 4 is 34.0 Å². The summed E-state index contributed by atoms with van der Waals surface area (Å²) in [4.78, 5) is 31.3. The summed E-state index contributed by atoms with van der Waals surface area (Å²) in [5.74, 6) is -1.85. The van der Waals surface area contributed by atoms with Gasteiger partial charge in [0, 0.05) is 34.4 Å². The SMILES string of the molecule is CCOc1ccc(/C(O)=C2\C(=O)C(=O)N(c3cccc(F)c3)C2c2c[nH]c3ccccc23)c(OCC)c1. The molecule has 37 heavy (non-hydrogen) atoms. The number of ether oxygens (including phenoxy) is 2. The molecule has 1 amide bonds. The van der Waals surface area contributed by atoms with Crippen LogP contribution in [0, 0.1) is 5.82 Å². The van der Waals surface area contributed by atoms with E-state index in [0.29, 0.717) is 30.3 Å². The zero-order valence-electron chi connectivity index (χ0n) is 20.3. The molecule has 1 aromatic heterocycles. The number of ketones is 1. The fourth-order valence-corrected chi connectivity index (χ4v) is 4.71. The van der Waals surface area contributed by atoms with E-state index in [0.717, 1.165) is 10.9 Å². The highest BCUT2D eigenvalue weighted by molar-refractivity contribution is 6.52. The predicted molar refractivity (Wildman–Crippen MR) is 138 cm³/mol. The van der Waals surface area contributed by atoms with E-state index in [4.69, 9.17) is 9.47 Å². The van der Waals surface area contributed by atoms with Crippen molar-refractivity contribution in [3.8, 4) is 11.5 Å². The number of aliphatic hydroxyl groups excluding tert-OH is 1. The van der Waals surface area contributed by atoms with E-state index in [2.05, 4.69) is 4.98 Å². The number of para-hydroxylation sites is 1. The Kier molecular flexibility index (Phi) is 6.40. The van der Waals surface area contributed by atoms with E-state index in [9.17, 15) is 19.1 Å². The van der Waals surface area contributed by atoms with Gasteiger partial charge in [0.25, 0.3) is 11.7 Å². The second-order valence-corrected chi connectivity index (χ2v) is 8.46. The van der Waals surface area contributed by atoms with E-state index in [1.54, 1.807) is 37.4 Å². The van der Waals surface area contributed by atoms with Crippen molar-refractivity contribution in [1.29, 1.82) is 0 Å². The Labute approximate surface area is 212 Å². The van der Waals surface area contributed by atoms with Crippen LogP contribution in [0.4, 0.5) is 10.1 Å². The maximum Gasteiger partial charge on any atom is 0.300 e. The van der Waals surface area contributed by atoms with Crippen molar-refractivity contribution < 1.29 is 28.6 Å². The number of nitrogens with zero attached hydrogens (tertiary/aromatic N) is 1. The van der Waals surface area contributed by atoms with Crippen molar-refractivity contribution in [2.24, 2.45) is 0 Å². The molecule has 2 heterocycles. The molecular formula is C29H25FN2O5. The molecule has 1 fully saturated rings. The van der Waals surface area contributed by atoms with E-state index < -0.39 is 23.5 Å². The van der Waals surface area contributed by atoms with Crippen LogP contribution in [-0.4, -0.2) is 35.0 Å². The minimum Gasteiger partial charge on any atom is -0.507 e. The van der Waals surface area contributed by atoms with Crippen LogP contribution in [0.15, 0.2) is 78.5 Å². The highest BCUT2D eigenvalue weighted by Crippen LogP contribution is 2.45. The third-order valence-corrected chi connectivity index (χ3v) is 6.27. The van der Waals surface area contributed by atoms with Gasteiger partial charge in [0.2, 0.25) is 0 Å². The quantitative estimate of drug-likeness (QED) is 0.192. The van der Waals surface area contributed by atoms with Gasteiger partial charge in [-0.25, -0.2) is 4.39 Å². The second kappa shape index (κ2) is 9.81. The van der Waals surface area contributed by atoms with Crippen LogP contribution in [0.5, 0.6) is 11.5 Å². The number of amides is 1. The lowest BCUT2D eigenvalue weighted by Crippen LogP contribution is -2.29. The Hall–Kier alpha value is -4.59. The van der Waals surface area contributed by atoms with Crippen molar-refractivity contribution in [2.75, 3.05) is 18.1 Å². The molecule has 1 aliphatic rings. The summed E-state index contributed by atoms with van der Waals surface area (Å²) in [6.07, 6.45) is 1.70. The standard InChI is InChI=1S/C29H25FN2O5/c1-3-36-19-12-13-21(24(15-19)37-4-2)27(33)25-26(22-16-31-23-11-6-5-10-20(22)23)32(29(35)28(25)34)18-9-7-8-17(30)14-18/h5-16,26,31,33H,3-4H2,1-2H3/b27-25+. The number of Topliss-reactive ketones (excluding diaryl/α,β-unsaturated/α-hetero) is 1. The number of benzene rings is 3. The van der Waals surface area contributed by atoms with Gasteiger partial charge in [-0.05, 0) is 50.2 Å². The Morgan fingerprint density at radius 1 is 1.00 bits per heavy atom. The summed E-state index contributed by atoms with van der Waals surface area (Å²) in [5.41, 5.74) is 1.70. The summed E-state index contributed by atoms with van der Waals surface area (Å²) in [6.45, 7) is 4.39. The Morgan fingerprint density at radius 3 is 2.54 bits per heavy atom. The molecule has 0 aliphatic carbocycles. The van der Waals surface area contributed by atoms with Crippen molar-refractivity contribution in [3.63, 3.8) is 0 Å². The van der Waals surface area contributed by atoms with Crippen LogP contribution in [0.1, 0.15) is 31.0 Å². The number of H-pyrrole nitrogens is 1. The van der Waals surface area contributed by atoms with Gasteiger partial charge >= 0.3 is 0 Å². The number of aromatic amines is 1. The summed E-state index contributed by atoms with van der Waals surface area (Å²) in [6, 6.07) is 16.8. The number of anilines is 1. The molecule has 0 radical (unpaired) electrons. The fraction of sp³-hybridized carbons (Fsp3) is 0.172. The molecule has 8 heteroatoms. The van der Waals surface area contributed by atoms with Gasteiger partial charge in [0.15, 0.2) is 0 Å². The minimum atomic E-state index is -1.01. The van der Waals surface area contributed by atoms with Gasteiger partial charge in [0.05, 0.1) is 30.4 Å². The molecule has 1 saturated heterocycles. The van der Waals surface area contributed by atoms with Crippen LogP contribution in [-0.2, 0) is 9.59 Å². The van der Waals surface area contributed by atoms with Gasteiger partial charge in [-0.3, -0.25) is 14.5 Å². The number of carbonyl (C=O) groups excluding carboxylic acids is 2. The molecule has 2 N–H and O–H groups in total. The van der Waals surface area contributed by atoms with Gasteiger partial charge in [-0.1, -0.05) is 24.3 Å². The molecular weight excluding hydrogens is 475 g/mol. The Balaban J connectivity index is 1.76. The number of carbonyl (C=O) groups is 2. The van der Waals surface area contributed by atoms with Crippen LogP contribution in [0.25, 0.3) is 16.7 Å². The molecule has 4 aromatic rings. The molecule has 1 unspecified atom stereocenters. The highest BCUT2D eigenvalue weighted by Gasteiger charge is 2.48. The van der Waals surface area contributed by atoms with Crippen LogP contribution >= 0.6 is 0 Å². The molecule has 0 saturated carbocycles. The lowest BCUT2D eigenvalue weighted by atomic mass is 9.94. The number of hydrogen-bond donors (Lipinski definition) is 2. The van der Waals surface area contributed by atoms with E-state index in [-0.39, 0.29) is 22.6 Å². The van der Waals surface area contributed by atoms with E-state index >= 15 is 0 Å². The average Bonchev–Trinajstić information content (AvgIpc) is 3.43. The molecule has 5 rings (SSSR count). The largest absolute Gasteiger partial charge is 0.507 e. The van der Waals surface area contributed by atoms with Gasteiger partial charge in [-0.2, -0.15) is 0 Å². The number of rotatable bonds is 7. The molecule has 0 bridgehead atoms. The maximum absolute atomic E-state index is 14.2. The van der Waals surface area contributed by atoms with E-state index in [1.807, 2.05) is 31.2 Å². The zero-order chi connectivity index (χ0) is 26.1. The lowest BCUT2D eigenvalue weighted by Gasteiger charge is -2.25. The van der Waals surface area contributed by atoms with Crippen LogP contribution in [0.2, 0.25) is 0 Å². The first-order valence-corrected chi connectivity index (χ1v) is 12.0. The number of aromatic nitrogens is 1. The number of fused-ring (bicyclic) bond motifs is 1. The Bertz CT molecular complexity index is 1540.